The molecule has 0 radical (unpaired) electrons. The molecule has 0 unspecified atom stereocenters. The van der Waals surface area contributed by atoms with Gasteiger partial charge in [-0.3, -0.25) is 4.79 Å². The molecule has 20 heavy (non-hydrogen) atoms. The van der Waals surface area contributed by atoms with Gasteiger partial charge in [-0.2, -0.15) is 0 Å². The van der Waals surface area contributed by atoms with Gasteiger partial charge < -0.3 is 13.7 Å². The minimum absolute atomic E-state index is 0.0404. The fourth-order valence-corrected chi connectivity index (χ4v) is 2.24. The molecular formula is C16H15NO3. The van der Waals surface area contributed by atoms with Crippen molar-refractivity contribution in [3.8, 4) is 5.75 Å². The summed E-state index contributed by atoms with van der Waals surface area (Å²) in [6, 6.07) is 11.2. The molecule has 4 heteroatoms. The van der Waals surface area contributed by atoms with Gasteiger partial charge in [0.05, 0.1) is 19.4 Å². The summed E-state index contributed by atoms with van der Waals surface area (Å²) >= 11 is 0. The van der Waals surface area contributed by atoms with E-state index in [-0.39, 0.29) is 12.3 Å². The lowest BCUT2D eigenvalue weighted by molar-refractivity contribution is 0.0946. The second-order valence-corrected chi connectivity index (χ2v) is 4.50. The maximum Gasteiger partial charge on any atom is 0.217 e. The quantitative estimate of drug-likeness (QED) is 0.666. The van der Waals surface area contributed by atoms with Gasteiger partial charge in [-0.05, 0) is 43.3 Å². The summed E-state index contributed by atoms with van der Waals surface area (Å²) in [6.07, 6.45) is 3.41. The van der Waals surface area contributed by atoms with Crippen molar-refractivity contribution in [1.82, 2.24) is 4.57 Å². The van der Waals surface area contributed by atoms with Crippen molar-refractivity contribution in [2.45, 2.75) is 13.5 Å². The molecule has 0 saturated carbocycles. The average molecular weight is 269 g/mol. The number of ether oxygens (including phenoxy) is 1. The largest absolute Gasteiger partial charge is 0.494 e. The van der Waals surface area contributed by atoms with Crippen LogP contribution in [-0.2, 0) is 6.54 Å². The summed E-state index contributed by atoms with van der Waals surface area (Å²) in [5.41, 5.74) is 1.01. The summed E-state index contributed by atoms with van der Waals surface area (Å²) in [6.45, 7) is 2.87. The van der Waals surface area contributed by atoms with Crippen LogP contribution in [-0.4, -0.2) is 17.0 Å². The molecule has 3 aromatic rings. The van der Waals surface area contributed by atoms with Crippen LogP contribution < -0.4 is 4.74 Å². The molecule has 1 aromatic carbocycles. The molecule has 2 heterocycles. The Morgan fingerprint density at radius 1 is 1.30 bits per heavy atom. The Balaban J connectivity index is 1.87. The highest BCUT2D eigenvalue weighted by molar-refractivity contribution is 5.94. The van der Waals surface area contributed by atoms with Crippen molar-refractivity contribution >= 4 is 16.7 Å². The normalized spacial score (nSPS) is 10.8. The first kappa shape index (κ1) is 12.5. The first-order chi connectivity index (χ1) is 9.78. The molecule has 4 nitrogen and oxygen atoms in total. The highest BCUT2D eigenvalue weighted by Crippen LogP contribution is 2.22. The molecule has 0 aliphatic rings. The molecule has 0 saturated heterocycles. The number of carbonyl (C=O) groups is 1. The molecule has 0 bridgehead atoms. The second kappa shape index (κ2) is 5.25. The van der Waals surface area contributed by atoms with Crippen LogP contribution in [0.15, 0.2) is 53.3 Å². The van der Waals surface area contributed by atoms with E-state index in [0.29, 0.717) is 12.4 Å². The summed E-state index contributed by atoms with van der Waals surface area (Å²) in [7, 11) is 0. The van der Waals surface area contributed by atoms with E-state index in [1.807, 2.05) is 42.0 Å². The van der Waals surface area contributed by atoms with E-state index in [1.54, 1.807) is 12.1 Å². The number of hydrogen-bond donors (Lipinski definition) is 0. The summed E-state index contributed by atoms with van der Waals surface area (Å²) in [4.78, 5) is 12.0. The maximum atomic E-state index is 12.0. The number of nitrogens with zero attached hydrogens (tertiary/aromatic N) is 1. The molecule has 102 valence electrons. The zero-order valence-electron chi connectivity index (χ0n) is 11.2. The van der Waals surface area contributed by atoms with Gasteiger partial charge in [0.1, 0.15) is 5.75 Å². The number of Topliss-reactive ketones (excluding diaryl/α,β-unsaturated/α-hetero) is 1. The van der Waals surface area contributed by atoms with Gasteiger partial charge in [0.25, 0.3) is 0 Å². The van der Waals surface area contributed by atoms with Crippen LogP contribution in [0.1, 0.15) is 17.5 Å². The Bertz CT molecular complexity index is 725. The summed E-state index contributed by atoms with van der Waals surface area (Å²) in [5.74, 6) is 1.19. The van der Waals surface area contributed by atoms with E-state index in [4.69, 9.17) is 9.15 Å². The highest BCUT2D eigenvalue weighted by atomic mass is 16.5. The van der Waals surface area contributed by atoms with Crippen LogP contribution in [0.3, 0.4) is 0 Å². The predicted octanol–water partition coefficient (Wildman–Crippen LogP) is 3.52. The van der Waals surface area contributed by atoms with Gasteiger partial charge in [-0.1, -0.05) is 0 Å². The molecule has 0 fully saturated rings. The monoisotopic (exact) mass is 269 g/mol. The van der Waals surface area contributed by atoms with Crippen molar-refractivity contribution in [2.24, 2.45) is 0 Å². The zero-order valence-corrected chi connectivity index (χ0v) is 11.2. The minimum Gasteiger partial charge on any atom is -0.494 e. The van der Waals surface area contributed by atoms with Crippen LogP contribution in [0.5, 0.6) is 5.75 Å². The SMILES string of the molecule is CCOc1ccc2c(ccn2CC(=O)c2ccco2)c1. The molecule has 0 atom stereocenters. The van der Waals surface area contributed by atoms with Crippen LogP contribution in [0, 0.1) is 0 Å². The van der Waals surface area contributed by atoms with Crippen molar-refractivity contribution in [2.75, 3.05) is 6.61 Å². The Kier molecular flexibility index (Phi) is 3.29. The Morgan fingerprint density at radius 3 is 2.95 bits per heavy atom. The molecule has 0 aliphatic heterocycles. The number of ketones is 1. The summed E-state index contributed by atoms with van der Waals surface area (Å²) in [5, 5.41) is 1.06. The fourth-order valence-electron chi connectivity index (χ4n) is 2.24. The van der Waals surface area contributed by atoms with Gasteiger partial charge in [0.15, 0.2) is 5.76 Å². The average Bonchev–Trinajstić information content (AvgIpc) is 3.09. The van der Waals surface area contributed by atoms with Crippen LogP contribution >= 0.6 is 0 Å². The van der Waals surface area contributed by atoms with Gasteiger partial charge in [-0.25, -0.2) is 0 Å². The van der Waals surface area contributed by atoms with Crippen LogP contribution in [0.25, 0.3) is 10.9 Å². The molecular weight excluding hydrogens is 254 g/mol. The number of benzene rings is 1. The number of rotatable bonds is 5. The molecule has 0 spiro atoms. The first-order valence-corrected chi connectivity index (χ1v) is 6.56. The van der Waals surface area contributed by atoms with Gasteiger partial charge in [0.2, 0.25) is 5.78 Å². The number of carbonyl (C=O) groups excluding carboxylic acids is 1. The Morgan fingerprint density at radius 2 is 2.20 bits per heavy atom. The number of fused-ring (bicyclic) bond motifs is 1. The molecule has 0 N–H and O–H groups in total. The van der Waals surface area contributed by atoms with Gasteiger partial charge in [-0.15, -0.1) is 0 Å². The smallest absolute Gasteiger partial charge is 0.217 e. The first-order valence-electron chi connectivity index (χ1n) is 6.56. The Labute approximate surface area is 116 Å². The van der Waals surface area contributed by atoms with Crippen LogP contribution in [0.4, 0.5) is 0 Å². The molecule has 0 amide bonds. The number of furan rings is 1. The highest BCUT2D eigenvalue weighted by Gasteiger charge is 2.11. The topological polar surface area (TPSA) is 44.4 Å². The van der Waals surface area contributed by atoms with E-state index in [9.17, 15) is 4.79 Å². The van der Waals surface area contributed by atoms with E-state index in [2.05, 4.69) is 0 Å². The Hall–Kier alpha value is -2.49. The lowest BCUT2D eigenvalue weighted by Crippen LogP contribution is -2.08. The van der Waals surface area contributed by atoms with E-state index >= 15 is 0 Å². The third-order valence-electron chi connectivity index (χ3n) is 3.16. The molecule has 3 rings (SSSR count). The van der Waals surface area contributed by atoms with Crippen LogP contribution in [0.2, 0.25) is 0 Å². The second-order valence-electron chi connectivity index (χ2n) is 4.50. The minimum atomic E-state index is -0.0404. The zero-order chi connectivity index (χ0) is 13.9. The number of aromatic nitrogens is 1. The standard InChI is InChI=1S/C16H15NO3/c1-2-19-13-5-6-14-12(10-13)7-8-17(14)11-15(18)16-4-3-9-20-16/h3-10H,2,11H2,1H3. The van der Waals surface area contributed by atoms with Crippen molar-refractivity contribution in [3.63, 3.8) is 0 Å². The van der Waals surface area contributed by atoms with E-state index < -0.39 is 0 Å². The van der Waals surface area contributed by atoms with E-state index in [0.717, 1.165) is 16.7 Å². The van der Waals surface area contributed by atoms with Gasteiger partial charge >= 0.3 is 0 Å². The lowest BCUT2D eigenvalue weighted by Gasteiger charge is -2.05. The maximum absolute atomic E-state index is 12.0. The number of hydrogen-bond acceptors (Lipinski definition) is 3. The third kappa shape index (κ3) is 2.32. The van der Waals surface area contributed by atoms with E-state index in [1.165, 1.54) is 6.26 Å². The molecule has 0 aliphatic carbocycles. The predicted molar refractivity (Wildman–Crippen MR) is 76.1 cm³/mol. The summed E-state index contributed by atoms with van der Waals surface area (Å²) < 4.78 is 12.5. The third-order valence-corrected chi connectivity index (χ3v) is 3.16. The van der Waals surface area contributed by atoms with Crippen molar-refractivity contribution < 1.29 is 13.9 Å². The fraction of sp³-hybridized carbons (Fsp3) is 0.188. The molecule has 2 aromatic heterocycles. The van der Waals surface area contributed by atoms with Crippen molar-refractivity contribution in [1.29, 1.82) is 0 Å². The lowest BCUT2D eigenvalue weighted by atomic mass is 10.2. The van der Waals surface area contributed by atoms with Crippen molar-refractivity contribution in [3.05, 3.63) is 54.6 Å². The van der Waals surface area contributed by atoms with Gasteiger partial charge in [0, 0.05) is 17.1 Å².